The normalized spacial score (nSPS) is 18.1. The topological polar surface area (TPSA) is 88.2 Å². The smallest absolute Gasteiger partial charge is 0.270 e. The van der Waals surface area contributed by atoms with Crippen LogP contribution in [0, 0.1) is 10.1 Å². The van der Waals surface area contributed by atoms with Gasteiger partial charge in [0, 0.05) is 17.7 Å². The Bertz CT molecular complexity index is 931. The number of nitrogens with zero attached hydrogens (tertiary/aromatic N) is 4. The van der Waals surface area contributed by atoms with Gasteiger partial charge in [-0.15, -0.1) is 5.10 Å². The standard InChI is InChI=1S/C21H22N4O3S/c1-2-3-12-19-20(26)24(15-16-8-5-4-6-9-16)21(29-19)23-22-14-17-10-7-11-18(13-17)25(27)28/h4-11,13-14,19H,2-3,12,15H2,1H3/b22-14+,23-21+. The van der Waals surface area contributed by atoms with Crippen LogP contribution in [0.2, 0.25) is 0 Å². The van der Waals surface area contributed by atoms with Gasteiger partial charge in [-0.25, -0.2) is 0 Å². The summed E-state index contributed by atoms with van der Waals surface area (Å²) in [7, 11) is 0. The number of amides is 1. The van der Waals surface area contributed by atoms with E-state index in [1.165, 1.54) is 30.1 Å². The van der Waals surface area contributed by atoms with Crippen LogP contribution >= 0.6 is 11.8 Å². The molecule has 1 saturated heterocycles. The van der Waals surface area contributed by atoms with Gasteiger partial charge in [0.05, 0.1) is 22.9 Å². The Balaban J connectivity index is 1.80. The van der Waals surface area contributed by atoms with Crippen molar-refractivity contribution >= 4 is 34.7 Å². The Kier molecular flexibility index (Phi) is 7.13. The quantitative estimate of drug-likeness (QED) is 0.361. The Morgan fingerprint density at radius 2 is 2.00 bits per heavy atom. The van der Waals surface area contributed by atoms with Crippen LogP contribution in [0.4, 0.5) is 5.69 Å². The van der Waals surface area contributed by atoms with Crippen LogP contribution in [0.25, 0.3) is 0 Å². The molecule has 0 radical (unpaired) electrons. The lowest BCUT2D eigenvalue weighted by Crippen LogP contribution is -2.31. The van der Waals surface area contributed by atoms with Crippen molar-refractivity contribution in [1.82, 2.24) is 4.90 Å². The molecule has 1 aliphatic heterocycles. The lowest BCUT2D eigenvalue weighted by atomic mass is 10.1. The molecule has 150 valence electrons. The zero-order valence-electron chi connectivity index (χ0n) is 16.1. The van der Waals surface area contributed by atoms with Crippen molar-refractivity contribution in [2.24, 2.45) is 10.2 Å². The summed E-state index contributed by atoms with van der Waals surface area (Å²) in [6, 6.07) is 15.9. The molecule has 1 amide bonds. The first-order chi connectivity index (χ1) is 14.1. The highest BCUT2D eigenvalue weighted by Gasteiger charge is 2.37. The van der Waals surface area contributed by atoms with Crippen LogP contribution in [-0.4, -0.2) is 32.4 Å². The minimum atomic E-state index is -0.450. The summed E-state index contributed by atoms with van der Waals surface area (Å²) in [5.41, 5.74) is 1.60. The lowest BCUT2D eigenvalue weighted by molar-refractivity contribution is -0.384. The van der Waals surface area contributed by atoms with Crippen molar-refractivity contribution in [2.45, 2.75) is 38.0 Å². The Labute approximate surface area is 173 Å². The number of nitro groups is 1. The van der Waals surface area contributed by atoms with E-state index in [1.54, 1.807) is 17.0 Å². The van der Waals surface area contributed by atoms with Gasteiger partial charge >= 0.3 is 0 Å². The predicted molar refractivity (Wildman–Crippen MR) is 116 cm³/mol. The van der Waals surface area contributed by atoms with Gasteiger partial charge in [-0.2, -0.15) is 5.10 Å². The third-order valence-corrected chi connectivity index (χ3v) is 5.69. The van der Waals surface area contributed by atoms with E-state index in [0.717, 1.165) is 24.8 Å². The molecule has 2 aromatic rings. The highest BCUT2D eigenvalue weighted by atomic mass is 32.2. The molecule has 29 heavy (non-hydrogen) atoms. The van der Waals surface area contributed by atoms with Crippen LogP contribution in [0.3, 0.4) is 0 Å². The number of hydrogen-bond donors (Lipinski definition) is 0. The lowest BCUT2D eigenvalue weighted by Gasteiger charge is -2.15. The van der Waals surface area contributed by atoms with E-state index >= 15 is 0 Å². The van der Waals surface area contributed by atoms with Gasteiger partial charge in [0.25, 0.3) is 5.69 Å². The fourth-order valence-electron chi connectivity index (χ4n) is 2.93. The minimum Gasteiger partial charge on any atom is -0.284 e. The van der Waals surface area contributed by atoms with Crippen molar-refractivity contribution in [2.75, 3.05) is 0 Å². The molecule has 1 atom stereocenters. The minimum absolute atomic E-state index is 0.00245. The van der Waals surface area contributed by atoms with Gasteiger partial charge in [0.15, 0.2) is 5.17 Å². The van der Waals surface area contributed by atoms with Crippen molar-refractivity contribution in [3.63, 3.8) is 0 Å². The van der Waals surface area contributed by atoms with Gasteiger partial charge in [-0.05, 0) is 12.0 Å². The number of rotatable bonds is 8. The molecular formula is C21H22N4O3S. The van der Waals surface area contributed by atoms with Crippen LogP contribution in [0.1, 0.15) is 37.3 Å². The van der Waals surface area contributed by atoms with E-state index in [9.17, 15) is 14.9 Å². The average molecular weight is 410 g/mol. The summed E-state index contributed by atoms with van der Waals surface area (Å²) >= 11 is 1.43. The van der Waals surface area contributed by atoms with Crippen LogP contribution in [-0.2, 0) is 11.3 Å². The average Bonchev–Trinajstić information content (AvgIpc) is 3.02. The van der Waals surface area contributed by atoms with Crippen LogP contribution < -0.4 is 0 Å². The molecule has 0 aromatic heterocycles. The molecule has 0 bridgehead atoms. The number of carbonyl (C=O) groups is 1. The molecule has 0 spiro atoms. The van der Waals surface area contributed by atoms with Crippen molar-refractivity contribution in [3.05, 3.63) is 75.8 Å². The molecule has 1 fully saturated rings. The monoisotopic (exact) mass is 410 g/mol. The zero-order chi connectivity index (χ0) is 20.6. The van der Waals surface area contributed by atoms with Crippen LogP contribution in [0.5, 0.6) is 0 Å². The van der Waals surface area contributed by atoms with Crippen molar-refractivity contribution in [3.8, 4) is 0 Å². The fourth-order valence-corrected chi connectivity index (χ4v) is 4.08. The largest absolute Gasteiger partial charge is 0.284 e. The number of carbonyl (C=O) groups excluding carboxylic acids is 1. The first kappa shape index (κ1) is 20.7. The van der Waals surface area contributed by atoms with Crippen molar-refractivity contribution in [1.29, 1.82) is 0 Å². The third-order valence-electron chi connectivity index (χ3n) is 4.45. The van der Waals surface area contributed by atoms with E-state index in [4.69, 9.17) is 0 Å². The summed E-state index contributed by atoms with van der Waals surface area (Å²) in [6.07, 6.45) is 4.28. The Hall–Kier alpha value is -3.00. The highest BCUT2D eigenvalue weighted by molar-refractivity contribution is 8.15. The maximum absolute atomic E-state index is 12.9. The van der Waals surface area contributed by atoms with Gasteiger partial charge < -0.3 is 0 Å². The fraction of sp³-hybridized carbons (Fsp3) is 0.286. The number of nitro benzene ring substituents is 1. The molecule has 0 N–H and O–H groups in total. The van der Waals surface area contributed by atoms with Crippen molar-refractivity contribution < 1.29 is 9.72 Å². The predicted octanol–water partition coefficient (Wildman–Crippen LogP) is 4.62. The van der Waals surface area contributed by atoms with Gasteiger partial charge in [0.1, 0.15) is 0 Å². The number of thioether (sulfide) groups is 1. The van der Waals surface area contributed by atoms with Gasteiger partial charge in [-0.1, -0.05) is 74.0 Å². The summed E-state index contributed by atoms with van der Waals surface area (Å²) in [5, 5.41) is 19.7. The van der Waals surface area contributed by atoms with E-state index in [2.05, 4.69) is 17.1 Å². The number of benzene rings is 2. The zero-order valence-corrected chi connectivity index (χ0v) is 16.9. The number of amidine groups is 1. The number of unbranched alkanes of at least 4 members (excludes halogenated alkanes) is 1. The Morgan fingerprint density at radius 1 is 1.21 bits per heavy atom. The highest BCUT2D eigenvalue weighted by Crippen LogP contribution is 2.32. The molecule has 1 aliphatic rings. The molecule has 2 aromatic carbocycles. The van der Waals surface area contributed by atoms with E-state index < -0.39 is 4.92 Å². The van der Waals surface area contributed by atoms with Gasteiger partial charge in [-0.3, -0.25) is 19.8 Å². The summed E-state index contributed by atoms with van der Waals surface area (Å²) in [6.45, 7) is 2.55. The second kappa shape index (κ2) is 9.97. The molecule has 0 saturated carbocycles. The van der Waals surface area contributed by atoms with E-state index in [-0.39, 0.29) is 16.8 Å². The number of hydrogen-bond acceptors (Lipinski definition) is 6. The molecule has 3 rings (SSSR count). The second-order valence-electron chi connectivity index (χ2n) is 6.64. The summed E-state index contributed by atoms with van der Waals surface area (Å²) in [5.74, 6) is 0.0524. The molecule has 1 unspecified atom stereocenters. The summed E-state index contributed by atoms with van der Waals surface area (Å²) < 4.78 is 0. The Morgan fingerprint density at radius 3 is 2.72 bits per heavy atom. The molecule has 7 nitrogen and oxygen atoms in total. The second-order valence-corrected chi connectivity index (χ2v) is 7.81. The first-order valence-electron chi connectivity index (χ1n) is 9.46. The van der Waals surface area contributed by atoms with E-state index in [0.29, 0.717) is 17.3 Å². The molecule has 1 heterocycles. The first-order valence-corrected chi connectivity index (χ1v) is 10.3. The summed E-state index contributed by atoms with van der Waals surface area (Å²) in [4.78, 5) is 25.0. The molecular weight excluding hydrogens is 388 g/mol. The van der Waals surface area contributed by atoms with Gasteiger partial charge in [0.2, 0.25) is 5.91 Å². The van der Waals surface area contributed by atoms with Crippen LogP contribution in [0.15, 0.2) is 64.8 Å². The maximum Gasteiger partial charge on any atom is 0.270 e. The maximum atomic E-state index is 12.9. The number of non-ortho nitro benzene ring substituents is 1. The molecule has 0 aliphatic carbocycles. The molecule has 8 heteroatoms. The van der Waals surface area contributed by atoms with E-state index in [1.807, 2.05) is 30.3 Å². The third kappa shape index (κ3) is 5.51. The SMILES string of the molecule is CCCCC1S/C(=N/N=C/c2cccc([N+](=O)[O-])c2)N(Cc2ccccc2)C1=O.